The summed E-state index contributed by atoms with van der Waals surface area (Å²) in [5, 5.41) is 0. The van der Waals surface area contributed by atoms with Gasteiger partial charge in [-0.1, -0.05) is 18.2 Å². The highest BCUT2D eigenvalue weighted by atomic mass is 19.1. The molecule has 0 bridgehead atoms. The molecule has 1 aliphatic rings. The second-order valence-corrected chi connectivity index (χ2v) is 4.05. The number of likely N-dealkylation sites (tertiary alicyclic amines) is 1. The van der Waals surface area contributed by atoms with Gasteiger partial charge in [-0.05, 0) is 32.4 Å². The highest BCUT2D eigenvalue weighted by Gasteiger charge is 2.20. The Morgan fingerprint density at radius 2 is 2.21 bits per heavy atom. The third-order valence-corrected chi connectivity index (χ3v) is 3.02. The van der Waals surface area contributed by atoms with E-state index >= 15 is 0 Å². The summed E-state index contributed by atoms with van der Waals surface area (Å²) in [6, 6.07) is 7.66. The molecule has 14 heavy (non-hydrogen) atoms. The topological polar surface area (TPSA) is 3.24 Å². The first-order valence-corrected chi connectivity index (χ1v) is 5.25. The van der Waals surface area contributed by atoms with Crippen LogP contribution in [0.25, 0.3) is 0 Å². The molecule has 2 rings (SSSR count). The zero-order valence-corrected chi connectivity index (χ0v) is 8.54. The fraction of sp³-hybridized carbons (Fsp3) is 0.500. The molecular weight excluding hydrogens is 177 g/mol. The fourth-order valence-corrected chi connectivity index (χ4v) is 2.07. The number of halogens is 1. The average Bonchev–Trinajstić information content (AvgIpc) is 2.56. The summed E-state index contributed by atoms with van der Waals surface area (Å²) < 4.78 is 13.3. The van der Waals surface area contributed by atoms with Gasteiger partial charge >= 0.3 is 0 Å². The second kappa shape index (κ2) is 4.09. The zero-order chi connectivity index (χ0) is 9.97. The van der Waals surface area contributed by atoms with E-state index < -0.39 is 0 Å². The maximum Gasteiger partial charge on any atom is 0.127 e. The molecule has 0 aromatic heterocycles. The van der Waals surface area contributed by atoms with Crippen LogP contribution in [0.1, 0.15) is 25.3 Å². The van der Waals surface area contributed by atoms with Crippen molar-refractivity contribution < 1.29 is 4.39 Å². The molecule has 0 amide bonds. The summed E-state index contributed by atoms with van der Waals surface area (Å²) in [6.07, 6.45) is 2.49. The Labute approximate surface area is 84.5 Å². The van der Waals surface area contributed by atoms with Gasteiger partial charge < -0.3 is 0 Å². The second-order valence-electron chi connectivity index (χ2n) is 4.05. The van der Waals surface area contributed by atoms with Crippen LogP contribution in [0.2, 0.25) is 0 Å². The predicted molar refractivity (Wildman–Crippen MR) is 55.5 cm³/mol. The summed E-state index contributed by atoms with van der Waals surface area (Å²) in [5.41, 5.74) is 0.821. The molecule has 1 aliphatic heterocycles. The summed E-state index contributed by atoms with van der Waals surface area (Å²) in [5.74, 6) is -0.0772. The standard InChI is InChI=1S/C12H16FN/c1-10-5-4-8-14(10)9-11-6-2-3-7-12(11)13/h2-3,6-7,10H,4-5,8-9H2,1H3/t10-/m0/s1. The van der Waals surface area contributed by atoms with Crippen molar-refractivity contribution in [2.45, 2.75) is 32.4 Å². The van der Waals surface area contributed by atoms with E-state index in [-0.39, 0.29) is 5.82 Å². The van der Waals surface area contributed by atoms with Crippen LogP contribution in [0.15, 0.2) is 24.3 Å². The number of rotatable bonds is 2. The summed E-state index contributed by atoms with van der Waals surface area (Å²) >= 11 is 0. The van der Waals surface area contributed by atoms with Gasteiger partial charge in [-0.2, -0.15) is 0 Å². The van der Waals surface area contributed by atoms with Crippen LogP contribution >= 0.6 is 0 Å². The van der Waals surface area contributed by atoms with Gasteiger partial charge in [0.2, 0.25) is 0 Å². The fourth-order valence-electron chi connectivity index (χ4n) is 2.07. The molecule has 1 aromatic carbocycles. The van der Waals surface area contributed by atoms with Gasteiger partial charge in [0.1, 0.15) is 5.82 Å². The lowest BCUT2D eigenvalue weighted by Crippen LogP contribution is -2.26. The lowest BCUT2D eigenvalue weighted by molar-refractivity contribution is 0.256. The van der Waals surface area contributed by atoms with Gasteiger partial charge in [-0.25, -0.2) is 4.39 Å². The summed E-state index contributed by atoms with van der Waals surface area (Å²) in [6.45, 7) is 4.08. The van der Waals surface area contributed by atoms with Crippen molar-refractivity contribution in [2.24, 2.45) is 0 Å². The molecule has 0 radical (unpaired) electrons. The Balaban J connectivity index is 2.07. The molecule has 1 fully saturated rings. The van der Waals surface area contributed by atoms with Crippen LogP contribution in [0, 0.1) is 5.82 Å². The number of hydrogen-bond donors (Lipinski definition) is 0. The normalized spacial score (nSPS) is 22.9. The Bertz CT molecular complexity index is 311. The van der Waals surface area contributed by atoms with Crippen molar-refractivity contribution in [1.82, 2.24) is 4.90 Å². The maximum atomic E-state index is 13.3. The first kappa shape index (κ1) is 9.66. The minimum absolute atomic E-state index is 0.0772. The van der Waals surface area contributed by atoms with Gasteiger partial charge in [-0.3, -0.25) is 4.90 Å². The van der Waals surface area contributed by atoms with Crippen molar-refractivity contribution in [3.05, 3.63) is 35.6 Å². The molecule has 76 valence electrons. The SMILES string of the molecule is C[C@H]1CCCN1Cc1ccccc1F. The number of benzene rings is 1. The first-order valence-electron chi connectivity index (χ1n) is 5.25. The van der Waals surface area contributed by atoms with Crippen LogP contribution in [-0.2, 0) is 6.54 Å². The smallest absolute Gasteiger partial charge is 0.127 e. The van der Waals surface area contributed by atoms with Crippen molar-refractivity contribution in [2.75, 3.05) is 6.54 Å². The van der Waals surface area contributed by atoms with Gasteiger partial charge in [0.05, 0.1) is 0 Å². The monoisotopic (exact) mass is 193 g/mol. The van der Waals surface area contributed by atoms with E-state index in [1.165, 1.54) is 18.9 Å². The molecule has 1 atom stereocenters. The van der Waals surface area contributed by atoms with Crippen LogP contribution in [0.5, 0.6) is 0 Å². The number of nitrogens with zero attached hydrogens (tertiary/aromatic N) is 1. The molecular formula is C12H16FN. The third kappa shape index (κ3) is 1.95. The summed E-state index contributed by atoms with van der Waals surface area (Å²) in [4.78, 5) is 2.35. The third-order valence-electron chi connectivity index (χ3n) is 3.02. The molecule has 1 aromatic rings. The van der Waals surface area contributed by atoms with Crippen molar-refractivity contribution in [1.29, 1.82) is 0 Å². The molecule has 2 heteroatoms. The molecule has 1 heterocycles. The van der Waals surface area contributed by atoms with Crippen LogP contribution < -0.4 is 0 Å². The van der Waals surface area contributed by atoms with E-state index in [1.54, 1.807) is 6.07 Å². The van der Waals surface area contributed by atoms with Gasteiger partial charge in [0, 0.05) is 18.2 Å². The highest BCUT2D eigenvalue weighted by molar-refractivity contribution is 5.17. The van der Waals surface area contributed by atoms with Crippen LogP contribution in [-0.4, -0.2) is 17.5 Å². The molecule has 0 saturated carbocycles. The van der Waals surface area contributed by atoms with E-state index in [2.05, 4.69) is 11.8 Å². The molecule has 0 unspecified atom stereocenters. The number of hydrogen-bond acceptors (Lipinski definition) is 1. The van der Waals surface area contributed by atoms with E-state index in [0.29, 0.717) is 6.04 Å². The van der Waals surface area contributed by atoms with E-state index in [4.69, 9.17) is 0 Å². The largest absolute Gasteiger partial charge is 0.296 e. The van der Waals surface area contributed by atoms with Crippen molar-refractivity contribution in [3.8, 4) is 0 Å². The zero-order valence-electron chi connectivity index (χ0n) is 8.54. The minimum Gasteiger partial charge on any atom is -0.296 e. The molecule has 0 spiro atoms. The highest BCUT2D eigenvalue weighted by Crippen LogP contribution is 2.20. The molecule has 0 aliphatic carbocycles. The predicted octanol–water partition coefficient (Wildman–Crippen LogP) is 2.81. The van der Waals surface area contributed by atoms with Gasteiger partial charge in [-0.15, -0.1) is 0 Å². The average molecular weight is 193 g/mol. The van der Waals surface area contributed by atoms with Gasteiger partial charge in [0.25, 0.3) is 0 Å². The maximum absolute atomic E-state index is 13.3. The Morgan fingerprint density at radius 3 is 2.86 bits per heavy atom. The minimum atomic E-state index is -0.0772. The summed E-state index contributed by atoms with van der Waals surface area (Å²) in [7, 11) is 0. The quantitative estimate of drug-likeness (QED) is 0.698. The molecule has 1 nitrogen and oxygen atoms in total. The Kier molecular flexibility index (Phi) is 2.82. The van der Waals surface area contributed by atoms with E-state index in [9.17, 15) is 4.39 Å². The molecule has 1 saturated heterocycles. The first-order chi connectivity index (χ1) is 6.77. The molecule has 0 N–H and O–H groups in total. The Hall–Kier alpha value is -0.890. The van der Waals surface area contributed by atoms with Gasteiger partial charge in [0.15, 0.2) is 0 Å². The van der Waals surface area contributed by atoms with Crippen LogP contribution in [0.3, 0.4) is 0 Å². The lowest BCUT2D eigenvalue weighted by atomic mass is 10.2. The van der Waals surface area contributed by atoms with Crippen LogP contribution in [0.4, 0.5) is 4.39 Å². The Morgan fingerprint density at radius 1 is 1.43 bits per heavy atom. The van der Waals surface area contributed by atoms with E-state index in [0.717, 1.165) is 18.7 Å². The van der Waals surface area contributed by atoms with E-state index in [1.807, 2.05) is 12.1 Å². The van der Waals surface area contributed by atoms with Crippen molar-refractivity contribution in [3.63, 3.8) is 0 Å². The lowest BCUT2D eigenvalue weighted by Gasteiger charge is -2.20. The van der Waals surface area contributed by atoms with Crippen molar-refractivity contribution >= 4 is 0 Å².